The van der Waals surface area contributed by atoms with Crippen LogP contribution in [-0.2, 0) is 11.2 Å². The lowest BCUT2D eigenvalue weighted by molar-refractivity contribution is 0.0959. The minimum absolute atomic E-state index is 0.146. The number of rotatable bonds is 5. The predicted molar refractivity (Wildman–Crippen MR) is 75.4 cm³/mol. The maximum atomic E-state index is 5.78. The minimum Gasteiger partial charge on any atom is -0.399 e. The van der Waals surface area contributed by atoms with E-state index in [1.165, 1.54) is 11.1 Å². The SMILES string of the molecule is COC(CCc1cccc(N)c1)c1ccccc1. The first-order chi connectivity index (χ1) is 8.79. The van der Waals surface area contributed by atoms with Crippen molar-refractivity contribution < 1.29 is 4.74 Å². The Bertz CT molecular complexity index is 481. The molecular formula is C16H19NO. The van der Waals surface area contributed by atoms with Crippen LogP contribution in [0.5, 0.6) is 0 Å². The number of aryl methyl sites for hydroxylation is 1. The lowest BCUT2D eigenvalue weighted by atomic mass is 10.0. The Morgan fingerprint density at radius 2 is 1.83 bits per heavy atom. The van der Waals surface area contributed by atoms with Crippen LogP contribution >= 0.6 is 0 Å². The number of nitrogens with two attached hydrogens (primary N) is 1. The van der Waals surface area contributed by atoms with Crippen molar-refractivity contribution in [3.8, 4) is 0 Å². The molecule has 0 aliphatic carbocycles. The van der Waals surface area contributed by atoms with Gasteiger partial charge in [-0.1, -0.05) is 42.5 Å². The Morgan fingerprint density at radius 1 is 1.06 bits per heavy atom. The Morgan fingerprint density at radius 3 is 2.50 bits per heavy atom. The molecule has 2 heteroatoms. The van der Waals surface area contributed by atoms with Gasteiger partial charge in [0.25, 0.3) is 0 Å². The number of nitrogen functional groups attached to an aromatic ring is 1. The second-order valence-corrected chi connectivity index (χ2v) is 4.42. The Kier molecular flexibility index (Phi) is 4.37. The normalized spacial score (nSPS) is 12.3. The number of anilines is 1. The highest BCUT2D eigenvalue weighted by Crippen LogP contribution is 2.22. The summed E-state index contributed by atoms with van der Waals surface area (Å²) in [5.74, 6) is 0. The van der Waals surface area contributed by atoms with E-state index in [-0.39, 0.29) is 6.10 Å². The summed E-state index contributed by atoms with van der Waals surface area (Å²) in [5, 5.41) is 0. The van der Waals surface area contributed by atoms with Crippen molar-refractivity contribution in [1.29, 1.82) is 0 Å². The zero-order valence-electron chi connectivity index (χ0n) is 10.7. The van der Waals surface area contributed by atoms with Gasteiger partial charge in [0.15, 0.2) is 0 Å². The molecule has 0 aliphatic heterocycles. The molecule has 2 N–H and O–H groups in total. The van der Waals surface area contributed by atoms with Crippen molar-refractivity contribution in [3.05, 3.63) is 65.7 Å². The van der Waals surface area contributed by atoms with Crippen LogP contribution in [0.4, 0.5) is 5.69 Å². The highest BCUT2D eigenvalue weighted by atomic mass is 16.5. The molecule has 18 heavy (non-hydrogen) atoms. The van der Waals surface area contributed by atoms with Gasteiger partial charge in [-0.05, 0) is 36.1 Å². The molecule has 0 saturated carbocycles. The van der Waals surface area contributed by atoms with Crippen LogP contribution in [0.3, 0.4) is 0 Å². The fourth-order valence-electron chi connectivity index (χ4n) is 2.13. The number of ether oxygens (including phenoxy) is 1. The van der Waals surface area contributed by atoms with Crippen molar-refractivity contribution in [3.63, 3.8) is 0 Å². The fraction of sp³-hybridized carbons (Fsp3) is 0.250. The quantitative estimate of drug-likeness (QED) is 0.812. The molecule has 0 bridgehead atoms. The molecule has 1 unspecified atom stereocenters. The van der Waals surface area contributed by atoms with Crippen molar-refractivity contribution in [2.24, 2.45) is 0 Å². The molecule has 2 aromatic carbocycles. The van der Waals surface area contributed by atoms with E-state index < -0.39 is 0 Å². The first kappa shape index (κ1) is 12.7. The van der Waals surface area contributed by atoms with Crippen LogP contribution in [0, 0.1) is 0 Å². The zero-order valence-corrected chi connectivity index (χ0v) is 10.7. The van der Waals surface area contributed by atoms with Gasteiger partial charge in [0, 0.05) is 12.8 Å². The molecule has 0 aliphatic rings. The van der Waals surface area contributed by atoms with E-state index >= 15 is 0 Å². The average Bonchev–Trinajstić information content (AvgIpc) is 2.41. The van der Waals surface area contributed by atoms with E-state index in [1.54, 1.807) is 7.11 Å². The molecule has 0 fully saturated rings. The Balaban J connectivity index is 2.00. The minimum atomic E-state index is 0.146. The van der Waals surface area contributed by atoms with E-state index in [4.69, 9.17) is 10.5 Å². The molecular weight excluding hydrogens is 222 g/mol. The number of methoxy groups -OCH3 is 1. The second-order valence-electron chi connectivity index (χ2n) is 4.42. The molecule has 0 amide bonds. The van der Waals surface area contributed by atoms with Crippen LogP contribution < -0.4 is 5.73 Å². The summed E-state index contributed by atoms with van der Waals surface area (Å²) in [7, 11) is 1.76. The van der Waals surface area contributed by atoms with E-state index in [2.05, 4.69) is 18.2 Å². The molecule has 0 saturated heterocycles. The molecule has 0 radical (unpaired) electrons. The third-order valence-corrected chi connectivity index (χ3v) is 3.10. The summed E-state index contributed by atoms with van der Waals surface area (Å²) < 4.78 is 5.56. The van der Waals surface area contributed by atoms with Crippen LogP contribution in [0.15, 0.2) is 54.6 Å². The van der Waals surface area contributed by atoms with E-state index in [1.807, 2.05) is 36.4 Å². The second kappa shape index (κ2) is 6.22. The summed E-state index contributed by atoms with van der Waals surface area (Å²) in [4.78, 5) is 0. The highest BCUT2D eigenvalue weighted by molar-refractivity contribution is 5.40. The molecule has 1 atom stereocenters. The van der Waals surface area contributed by atoms with Gasteiger partial charge in [-0.15, -0.1) is 0 Å². The smallest absolute Gasteiger partial charge is 0.0824 e. The van der Waals surface area contributed by atoms with Crippen LogP contribution in [-0.4, -0.2) is 7.11 Å². The Hall–Kier alpha value is -1.80. The average molecular weight is 241 g/mol. The van der Waals surface area contributed by atoms with Gasteiger partial charge >= 0.3 is 0 Å². The number of hydrogen-bond donors (Lipinski definition) is 1. The lowest BCUT2D eigenvalue weighted by Gasteiger charge is -2.15. The van der Waals surface area contributed by atoms with Crippen molar-refractivity contribution >= 4 is 5.69 Å². The lowest BCUT2D eigenvalue weighted by Crippen LogP contribution is -2.03. The molecule has 2 nitrogen and oxygen atoms in total. The molecule has 2 aromatic rings. The van der Waals surface area contributed by atoms with Gasteiger partial charge in [-0.25, -0.2) is 0 Å². The van der Waals surface area contributed by atoms with Crippen LogP contribution in [0.2, 0.25) is 0 Å². The van der Waals surface area contributed by atoms with Gasteiger partial charge in [0.2, 0.25) is 0 Å². The molecule has 94 valence electrons. The monoisotopic (exact) mass is 241 g/mol. The summed E-state index contributed by atoms with van der Waals surface area (Å²) >= 11 is 0. The summed E-state index contributed by atoms with van der Waals surface area (Å²) in [6, 6.07) is 18.4. The van der Waals surface area contributed by atoms with Gasteiger partial charge in [0.1, 0.15) is 0 Å². The first-order valence-corrected chi connectivity index (χ1v) is 6.22. The van der Waals surface area contributed by atoms with Gasteiger partial charge in [0.05, 0.1) is 6.10 Å². The highest BCUT2D eigenvalue weighted by Gasteiger charge is 2.09. The predicted octanol–water partition coefficient (Wildman–Crippen LogP) is 3.59. The van der Waals surface area contributed by atoms with Gasteiger partial charge < -0.3 is 10.5 Å². The number of hydrogen-bond acceptors (Lipinski definition) is 2. The first-order valence-electron chi connectivity index (χ1n) is 6.22. The maximum absolute atomic E-state index is 5.78. The topological polar surface area (TPSA) is 35.2 Å². The fourth-order valence-corrected chi connectivity index (χ4v) is 2.13. The van der Waals surface area contributed by atoms with Crippen molar-refractivity contribution in [2.45, 2.75) is 18.9 Å². The third kappa shape index (κ3) is 3.34. The van der Waals surface area contributed by atoms with Crippen molar-refractivity contribution in [2.75, 3.05) is 12.8 Å². The molecule has 0 aromatic heterocycles. The summed E-state index contributed by atoms with van der Waals surface area (Å²) in [5.41, 5.74) is 9.08. The number of benzene rings is 2. The standard InChI is InChI=1S/C16H19NO/c1-18-16(14-7-3-2-4-8-14)11-10-13-6-5-9-15(17)12-13/h2-9,12,16H,10-11,17H2,1H3. The largest absolute Gasteiger partial charge is 0.399 e. The zero-order chi connectivity index (χ0) is 12.8. The molecule has 0 heterocycles. The molecule has 0 spiro atoms. The molecule has 2 rings (SSSR count). The van der Waals surface area contributed by atoms with Gasteiger partial charge in [-0.2, -0.15) is 0 Å². The van der Waals surface area contributed by atoms with E-state index in [0.29, 0.717) is 0 Å². The summed E-state index contributed by atoms with van der Waals surface area (Å²) in [6.07, 6.45) is 2.08. The summed E-state index contributed by atoms with van der Waals surface area (Å²) in [6.45, 7) is 0. The maximum Gasteiger partial charge on any atom is 0.0824 e. The van der Waals surface area contributed by atoms with E-state index in [9.17, 15) is 0 Å². The van der Waals surface area contributed by atoms with Crippen LogP contribution in [0.1, 0.15) is 23.7 Å². The van der Waals surface area contributed by atoms with Crippen molar-refractivity contribution in [1.82, 2.24) is 0 Å². The van der Waals surface area contributed by atoms with Crippen LogP contribution in [0.25, 0.3) is 0 Å². The third-order valence-electron chi connectivity index (χ3n) is 3.10. The Labute approximate surface area is 108 Å². The van der Waals surface area contributed by atoms with Gasteiger partial charge in [-0.3, -0.25) is 0 Å². The van der Waals surface area contributed by atoms with E-state index in [0.717, 1.165) is 18.5 Å².